The Morgan fingerprint density at radius 3 is 2.34 bits per heavy atom. The number of hydrogen-bond acceptors (Lipinski definition) is 4. The van der Waals surface area contributed by atoms with Gasteiger partial charge in [0.05, 0.1) is 23.1 Å². The second-order valence-corrected chi connectivity index (χ2v) is 16.6. The van der Waals surface area contributed by atoms with Crippen LogP contribution in [0.5, 0.6) is 0 Å². The van der Waals surface area contributed by atoms with Gasteiger partial charge in [-0.25, -0.2) is 4.79 Å². The number of allylic oxidation sites excluding steroid dienone is 2. The lowest BCUT2D eigenvalue weighted by atomic mass is 9.82. The molecule has 1 aromatic heterocycles. The summed E-state index contributed by atoms with van der Waals surface area (Å²) in [5.74, 6) is -0.115. The lowest BCUT2D eigenvalue weighted by molar-refractivity contribution is 0.102. The van der Waals surface area contributed by atoms with E-state index < -0.39 is 0 Å². The van der Waals surface area contributed by atoms with E-state index in [2.05, 4.69) is 74.9 Å². The maximum Gasteiger partial charge on any atom is 0.317 e. The molecule has 8 nitrogen and oxygen atoms in total. The molecule has 4 aromatic carbocycles. The minimum Gasteiger partial charge on any atom is -0.370 e. The smallest absolute Gasteiger partial charge is 0.317 e. The number of anilines is 2. The number of hydrogen-bond donors (Lipinski definition) is 3. The molecule has 3 N–H and O–H groups in total. The molecule has 5 heterocycles. The predicted octanol–water partition coefficient (Wildman–Crippen LogP) is 11.0. The van der Waals surface area contributed by atoms with Gasteiger partial charge in [-0.15, -0.1) is 0 Å². The summed E-state index contributed by atoms with van der Waals surface area (Å²) in [7, 11) is 0. The number of amides is 3. The molecular weight excluding hydrogens is 763 g/mol. The van der Waals surface area contributed by atoms with Crippen LogP contribution in [0.4, 0.5) is 16.2 Å². The Kier molecular flexibility index (Phi) is 9.98. The van der Waals surface area contributed by atoms with Gasteiger partial charge in [0.1, 0.15) is 5.69 Å². The third kappa shape index (κ3) is 6.71. The summed E-state index contributed by atoms with van der Waals surface area (Å²) < 4.78 is 0. The van der Waals surface area contributed by atoms with Crippen LogP contribution in [-0.2, 0) is 0 Å². The van der Waals surface area contributed by atoms with Crippen molar-refractivity contribution in [2.75, 3.05) is 36.4 Å². The van der Waals surface area contributed by atoms with Gasteiger partial charge in [-0.2, -0.15) is 0 Å². The van der Waals surface area contributed by atoms with E-state index in [1.165, 1.54) is 0 Å². The molecule has 2 unspecified atom stereocenters. The van der Waals surface area contributed by atoms with Gasteiger partial charge in [0.2, 0.25) is 0 Å². The average molecular weight is 806 g/mol. The van der Waals surface area contributed by atoms with Crippen LogP contribution in [-0.4, -0.2) is 58.9 Å². The first-order chi connectivity index (χ1) is 27.2. The van der Waals surface area contributed by atoms with Crippen molar-refractivity contribution in [3.8, 4) is 0 Å². The molecule has 4 aliphatic rings. The number of halogens is 3. The van der Waals surface area contributed by atoms with Crippen LogP contribution < -0.4 is 15.5 Å². The van der Waals surface area contributed by atoms with Crippen LogP contribution in [0, 0.1) is 5.92 Å². The number of aromatic nitrogens is 1. The number of benzene rings is 4. The maximum absolute atomic E-state index is 14.9. The fourth-order valence-corrected chi connectivity index (χ4v) is 9.83. The number of nitrogens with one attached hydrogen (secondary N) is 3. The SMILES string of the molecule is CC1CC=CN2C(=C1c1ccccc1)c1c(C(=O)Nc3ccccc3N3CCC(NC(=O)N4CCCC4)CC3)[nH]c3cc(Cl)cc(c13)C2c1ccc(Cl)cc1Cl. The Morgan fingerprint density at radius 2 is 1.57 bits per heavy atom. The Morgan fingerprint density at radius 1 is 0.821 bits per heavy atom. The van der Waals surface area contributed by atoms with Crippen molar-refractivity contribution in [2.24, 2.45) is 5.92 Å². The van der Waals surface area contributed by atoms with Gasteiger partial charge in [0.15, 0.2) is 0 Å². The minimum atomic E-state index is -0.348. The molecule has 4 aliphatic heterocycles. The topological polar surface area (TPSA) is 83.7 Å². The summed E-state index contributed by atoms with van der Waals surface area (Å²) >= 11 is 20.3. The number of H-pyrrole nitrogens is 1. The van der Waals surface area contributed by atoms with Crippen molar-refractivity contribution in [3.63, 3.8) is 0 Å². The van der Waals surface area contributed by atoms with E-state index in [9.17, 15) is 9.59 Å². The van der Waals surface area contributed by atoms with Crippen LogP contribution in [0.2, 0.25) is 15.1 Å². The van der Waals surface area contributed by atoms with Gasteiger partial charge < -0.3 is 30.3 Å². The number of urea groups is 1. The molecule has 2 atom stereocenters. The van der Waals surface area contributed by atoms with Gasteiger partial charge in [-0.3, -0.25) is 4.79 Å². The number of para-hydroxylation sites is 2. The summed E-state index contributed by atoms with van der Waals surface area (Å²) in [4.78, 5) is 37.7. The summed E-state index contributed by atoms with van der Waals surface area (Å²) in [5.41, 5.74) is 8.74. The molecular formula is C45H43Cl3N6O2. The lowest BCUT2D eigenvalue weighted by Gasteiger charge is -2.39. The molecule has 0 spiro atoms. The highest BCUT2D eigenvalue weighted by molar-refractivity contribution is 6.35. The molecule has 3 amide bonds. The van der Waals surface area contributed by atoms with Crippen molar-refractivity contribution in [2.45, 2.75) is 51.1 Å². The first-order valence-electron chi connectivity index (χ1n) is 19.5. The Balaban J connectivity index is 1.13. The van der Waals surface area contributed by atoms with E-state index in [1.807, 2.05) is 53.4 Å². The van der Waals surface area contributed by atoms with E-state index >= 15 is 0 Å². The highest BCUT2D eigenvalue weighted by atomic mass is 35.5. The number of likely N-dealkylation sites (tertiary alicyclic amines) is 1. The van der Waals surface area contributed by atoms with Gasteiger partial charge in [-0.05, 0) is 96.7 Å². The number of carbonyl (C=O) groups excluding carboxylic acids is 2. The Bertz CT molecular complexity index is 2390. The molecule has 5 aromatic rings. The van der Waals surface area contributed by atoms with E-state index in [0.29, 0.717) is 20.8 Å². The van der Waals surface area contributed by atoms with Gasteiger partial charge in [0.25, 0.3) is 5.91 Å². The zero-order chi connectivity index (χ0) is 38.5. The first-order valence-corrected chi connectivity index (χ1v) is 20.6. The minimum absolute atomic E-state index is 0.0468. The monoisotopic (exact) mass is 804 g/mol. The number of rotatable bonds is 6. The van der Waals surface area contributed by atoms with Crippen molar-refractivity contribution in [3.05, 3.63) is 140 Å². The van der Waals surface area contributed by atoms with Gasteiger partial charge >= 0.3 is 6.03 Å². The fraction of sp³-hybridized carbons (Fsp3) is 0.289. The number of carbonyl (C=O) groups is 2. The van der Waals surface area contributed by atoms with Crippen LogP contribution in [0.15, 0.2) is 97.2 Å². The third-order valence-corrected chi connectivity index (χ3v) is 12.5. The van der Waals surface area contributed by atoms with Crippen molar-refractivity contribution >= 4 is 80.3 Å². The summed E-state index contributed by atoms with van der Waals surface area (Å²) in [6.07, 6.45) is 8.94. The molecule has 0 bridgehead atoms. The number of nitrogens with zero attached hydrogens (tertiary/aromatic N) is 3. The molecule has 286 valence electrons. The molecule has 9 rings (SSSR count). The molecule has 0 radical (unpaired) electrons. The third-order valence-electron chi connectivity index (χ3n) is 11.7. The van der Waals surface area contributed by atoms with Gasteiger partial charge in [-0.1, -0.05) is 96.3 Å². The second-order valence-electron chi connectivity index (χ2n) is 15.3. The number of aromatic amines is 1. The van der Waals surface area contributed by atoms with Crippen molar-refractivity contribution < 1.29 is 9.59 Å². The predicted molar refractivity (Wildman–Crippen MR) is 229 cm³/mol. The van der Waals surface area contributed by atoms with E-state index in [0.717, 1.165) is 114 Å². The largest absolute Gasteiger partial charge is 0.370 e. The second kappa shape index (κ2) is 15.2. The highest BCUT2D eigenvalue weighted by Crippen LogP contribution is 2.53. The first kappa shape index (κ1) is 36.7. The summed E-state index contributed by atoms with van der Waals surface area (Å²) in [6, 6.07) is 27.7. The number of fused-ring (bicyclic) bond motifs is 2. The van der Waals surface area contributed by atoms with E-state index in [1.54, 1.807) is 6.07 Å². The highest BCUT2D eigenvalue weighted by Gasteiger charge is 2.40. The van der Waals surface area contributed by atoms with Crippen molar-refractivity contribution in [1.82, 2.24) is 20.1 Å². The standard InChI is InChI=1S/C45H43Cl3N6O2/c1-27-10-9-21-54-42(32-16-15-29(46)25-34(32)48)33-24-30(47)26-36-39(33)40(43(54)38(27)28-11-3-2-4-12-28)41(50-36)44(55)51-35-13-5-6-14-37(35)52-22-17-31(18-23-52)49-45(56)53-19-7-8-20-53/h2-6,9,11-16,21,24-27,31,42,50H,7-8,10,17-20,22-23H2,1H3,(H,49,56)(H,51,55). The van der Waals surface area contributed by atoms with Crippen LogP contribution >= 0.6 is 34.8 Å². The maximum atomic E-state index is 14.9. The molecule has 56 heavy (non-hydrogen) atoms. The molecule has 0 saturated carbocycles. The van der Waals surface area contributed by atoms with E-state index in [-0.39, 0.29) is 29.9 Å². The van der Waals surface area contributed by atoms with Crippen LogP contribution in [0.25, 0.3) is 22.2 Å². The average Bonchev–Trinajstić information content (AvgIpc) is 3.84. The zero-order valence-corrected chi connectivity index (χ0v) is 33.4. The number of piperidine rings is 1. The van der Waals surface area contributed by atoms with Crippen LogP contribution in [0.3, 0.4) is 0 Å². The summed E-state index contributed by atoms with van der Waals surface area (Å²) in [6.45, 7) is 5.43. The fourth-order valence-electron chi connectivity index (χ4n) is 9.09. The molecule has 11 heteroatoms. The van der Waals surface area contributed by atoms with Gasteiger partial charge in [0, 0.05) is 70.0 Å². The van der Waals surface area contributed by atoms with Crippen molar-refractivity contribution in [1.29, 1.82) is 0 Å². The summed E-state index contributed by atoms with van der Waals surface area (Å²) in [5, 5.41) is 9.17. The molecule has 2 saturated heterocycles. The molecule has 2 fully saturated rings. The Hall–Kier alpha value is -4.89. The lowest BCUT2D eigenvalue weighted by Crippen LogP contribution is -2.48. The van der Waals surface area contributed by atoms with E-state index in [4.69, 9.17) is 34.8 Å². The quantitative estimate of drug-likeness (QED) is 0.160. The Labute approximate surface area is 342 Å². The zero-order valence-electron chi connectivity index (χ0n) is 31.1. The molecule has 0 aliphatic carbocycles. The van der Waals surface area contributed by atoms with Crippen LogP contribution in [0.1, 0.15) is 77.8 Å². The normalized spacial score (nSPS) is 19.7.